The molecule has 128 valence electrons. The van der Waals surface area contributed by atoms with Gasteiger partial charge in [0, 0.05) is 13.0 Å². The van der Waals surface area contributed by atoms with Crippen LogP contribution in [0.5, 0.6) is 0 Å². The van der Waals surface area contributed by atoms with Gasteiger partial charge in [0.2, 0.25) is 5.91 Å². The minimum Gasteiger partial charge on any atom is -0.480 e. The maximum atomic E-state index is 12.2. The number of aryl methyl sites for hydroxylation is 1. The van der Waals surface area contributed by atoms with E-state index in [0.717, 1.165) is 0 Å². The number of aromatic nitrogens is 3. The second-order valence-electron chi connectivity index (χ2n) is 5.87. The number of hydrogen-bond donors (Lipinski definition) is 2. The van der Waals surface area contributed by atoms with Crippen molar-refractivity contribution < 1.29 is 14.7 Å². The van der Waals surface area contributed by atoms with Gasteiger partial charge in [0.25, 0.3) is 5.56 Å². The van der Waals surface area contributed by atoms with Crippen molar-refractivity contribution in [2.45, 2.75) is 39.3 Å². The van der Waals surface area contributed by atoms with Crippen LogP contribution >= 0.6 is 0 Å². The number of benzene rings is 1. The number of carbonyl (C=O) groups is 2. The van der Waals surface area contributed by atoms with Crippen molar-refractivity contribution >= 4 is 22.8 Å². The van der Waals surface area contributed by atoms with Crippen molar-refractivity contribution in [3.63, 3.8) is 0 Å². The van der Waals surface area contributed by atoms with Gasteiger partial charge >= 0.3 is 5.97 Å². The molecule has 0 saturated carbocycles. The molecule has 0 radical (unpaired) electrons. The monoisotopic (exact) mass is 332 g/mol. The van der Waals surface area contributed by atoms with Gasteiger partial charge in [-0.15, -0.1) is 5.10 Å². The van der Waals surface area contributed by atoms with E-state index in [1.165, 1.54) is 4.68 Å². The van der Waals surface area contributed by atoms with Crippen LogP contribution < -0.4 is 10.9 Å². The van der Waals surface area contributed by atoms with E-state index in [2.05, 4.69) is 15.6 Å². The minimum absolute atomic E-state index is 0.109. The summed E-state index contributed by atoms with van der Waals surface area (Å²) in [6.45, 7) is 3.69. The second kappa shape index (κ2) is 7.67. The van der Waals surface area contributed by atoms with E-state index in [0.29, 0.717) is 17.3 Å². The highest BCUT2D eigenvalue weighted by Crippen LogP contribution is 2.05. The van der Waals surface area contributed by atoms with Gasteiger partial charge in [0.15, 0.2) is 0 Å². The molecule has 0 spiro atoms. The zero-order valence-electron chi connectivity index (χ0n) is 13.6. The van der Waals surface area contributed by atoms with Crippen molar-refractivity contribution in [1.29, 1.82) is 0 Å². The summed E-state index contributed by atoms with van der Waals surface area (Å²) in [6.07, 6.45) is 0.473. The lowest BCUT2D eigenvalue weighted by Crippen LogP contribution is -2.44. The van der Waals surface area contributed by atoms with Crippen LogP contribution in [-0.2, 0) is 16.1 Å². The maximum absolute atomic E-state index is 12.2. The van der Waals surface area contributed by atoms with Crippen LogP contribution in [0.4, 0.5) is 0 Å². The first-order valence-electron chi connectivity index (χ1n) is 7.75. The number of carboxylic acids is 1. The van der Waals surface area contributed by atoms with Crippen LogP contribution in [0.2, 0.25) is 0 Å². The molecule has 1 heterocycles. The Hall–Kier alpha value is -2.77. The molecule has 1 aromatic heterocycles. The summed E-state index contributed by atoms with van der Waals surface area (Å²) >= 11 is 0. The quantitative estimate of drug-likeness (QED) is 0.775. The summed E-state index contributed by atoms with van der Waals surface area (Å²) in [6, 6.07) is 6.00. The molecule has 1 amide bonds. The van der Waals surface area contributed by atoms with Gasteiger partial charge in [-0.1, -0.05) is 31.2 Å². The number of hydrogen-bond acceptors (Lipinski definition) is 5. The molecule has 2 aromatic rings. The van der Waals surface area contributed by atoms with E-state index in [-0.39, 0.29) is 30.3 Å². The standard InChI is InChI=1S/C16H20N4O4/c1-10(2)14(16(23)24)17-13(21)8-5-9-20-15(22)11-6-3-4-7-12(11)18-19-20/h3-4,6-7,10,14H,5,8-9H2,1-2H3,(H,17,21)(H,23,24)/t14-/m0/s1. The third-order valence-electron chi connectivity index (χ3n) is 3.65. The molecule has 24 heavy (non-hydrogen) atoms. The van der Waals surface area contributed by atoms with Crippen LogP contribution in [0.1, 0.15) is 26.7 Å². The van der Waals surface area contributed by atoms with Gasteiger partial charge in [-0.2, -0.15) is 0 Å². The number of amides is 1. The third-order valence-corrected chi connectivity index (χ3v) is 3.65. The van der Waals surface area contributed by atoms with Gasteiger partial charge in [0.1, 0.15) is 11.6 Å². The molecule has 0 fully saturated rings. The Labute approximate surface area is 138 Å². The predicted octanol–water partition coefficient (Wildman–Crippen LogP) is 0.797. The first kappa shape index (κ1) is 17.6. The summed E-state index contributed by atoms with van der Waals surface area (Å²) in [5, 5.41) is 19.8. The summed E-state index contributed by atoms with van der Waals surface area (Å²) < 4.78 is 1.22. The lowest BCUT2D eigenvalue weighted by molar-refractivity contribution is -0.143. The first-order valence-corrected chi connectivity index (χ1v) is 7.75. The highest BCUT2D eigenvalue weighted by molar-refractivity contribution is 5.83. The molecule has 1 atom stereocenters. The lowest BCUT2D eigenvalue weighted by atomic mass is 10.0. The SMILES string of the molecule is CC(C)[C@H](NC(=O)CCCn1nnc2ccccc2c1=O)C(=O)O. The Morgan fingerprint density at radius 1 is 1.29 bits per heavy atom. The van der Waals surface area contributed by atoms with E-state index >= 15 is 0 Å². The average Bonchev–Trinajstić information content (AvgIpc) is 2.54. The van der Waals surface area contributed by atoms with E-state index in [1.807, 2.05) is 0 Å². The van der Waals surface area contributed by atoms with Gasteiger partial charge in [-0.25, -0.2) is 9.48 Å². The third kappa shape index (κ3) is 4.15. The molecule has 0 aliphatic carbocycles. The number of aliphatic carboxylic acids is 1. The Balaban J connectivity index is 1.95. The summed E-state index contributed by atoms with van der Waals surface area (Å²) in [5.74, 6) is -1.63. The molecule has 0 aliphatic heterocycles. The Bertz CT molecular complexity index is 800. The van der Waals surface area contributed by atoms with Gasteiger partial charge in [-0.3, -0.25) is 9.59 Å². The van der Waals surface area contributed by atoms with Crippen LogP contribution in [0, 0.1) is 5.92 Å². The predicted molar refractivity (Wildman–Crippen MR) is 87.4 cm³/mol. The molecule has 8 heteroatoms. The van der Waals surface area contributed by atoms with Crippen molar-refractivity contribution in [1.82, 2.24) is 20.3 Å². The fourth-order valence-electron chi connectivity index (χ4n) is 2.32. The van der Waals surface area contributed by atoms with E-state index in [9.17, 15) is 14.4 Å². The van der Waals surface area contributed by atoms with Crippen molar-refractivity contribution in [3.8, 4) is 0 Å². The molecular weight excluding hydrogens is 312 g/mol. The number of carbonyl (C=O) groups excluding carboxylic acids is 1. The number of rotatable bonds is 7. The number of nitrogens with zero attached hydrogens (tertiary/aromatic N) is 3. The lowest BCUT2D eigenvalue weighted by Gasteiger charge is -2.17. The molecule has 2 rings (SSSR count). The fraction of sp³-hybridized carbons (Fsp3) is 0.438. The number of nitrogens with one attached hydrogen (secondary N) is 1. The molecule has 0 unspecified atom stereocenters. The second-order valence-corrected chi connectivity index (χ2v) is 5.87. The first-order chi connectivity index (χ1) is 11.4. The highest BCUT2D eigenvalue weighted by atomic mass is 16.4. The summed E-state index contributed by atoms with van der Waals surface area (Å²) in [5.41, 5.74) is 0.268. The van der Waals surface area contributed by atoms with Gasteiger partial charge in [0.05, 0.1) is 5.39 Å². The van der Waals surface area contributed by atoms with E-state index in [4.69, 9.17) is 5.11 Å². The minimum atomic E-state index is -1.06. The Kier molecular flexibility index (Phi) is 5.62. The van der Waals surface area contributed by atoms with Crippen molar-refractivity contribution in [2.24, 2.45) is 5.92 Å². The fourth-order valence-corrected chi connectivity index (χ4v) is 2.32. The van der Waals surface area contributed by atoms with E-state index < -0.39 is 12.0 Å². The van der Waals surface area contributed by atoms with Gasteiger partial charge < -0.3 is 10.4 Å². The van der Waals surface area contributed by atoms with Crippen LogP contribution in [0.25, 0.3) is 10.9 Å². The highest BCUT2D eigenvalue weighted by Gasteiger charge is 2.23. The van der Waals surface area contributed by atoms with Crippen LogP contribution in [-0.4, -0.2) is 38.0 Å². The smallest absolute Gasteiger partial charge is 0.326 e. The van der Waals surface area contributed by atoms with Gasteiger partial charge in [-0.05, 0) is 24.5 Å². The zero-order valence-corrected chi connectivity index (χ0v) is 13.6. The molecule has 0 aliphatic rings. The summed E-state index contributed by atoms with van der Waals surface area (Å²) in [7, 11) is 0. The number of fused-ring (bicyclic) bond motifs is 1. The van der Waals surface area contributed by atoms with Crippen LogP contribution in [0.3, 0.4) is 0 Å². The number of carboxylic acid groups (broad SMARTS) is 1. The molecular formula is C16H20N4O4. The van der Waals surface area contributed by atoms with Crippen molar-refractivity contribution in [2.75, 3.05) is 0 Å². The van der Waals surface area contributed by atoms with E-state index in [1.54, 1.807) is 38.1 Å². The maximum Gasteiger partial charge on any atom is 0.326 e. The molecule has 0 saturated heterocycles. The summed E-state index contributed by atoms with van der Waals surface area (Å²) in [4.78, 5) is 35.2. The van der Waals surface area contributed by atoms with Crippen LogP contribution in [0.15, 0.2) is 29.1 Å². The molecule has 2 N–H and O–H groups in total. The Morgan fingerprint density at radius 2 is 2.00 bits per heavy atom. The largest absolute Gasteiger partial charge is 0.480 e. The normalized spacial score (nSPS) is 12.3. The van der Waals surface area contributed by atoms with Crippen molar-refractivity contribution in [3.05, 3.63) is 34.6 Å². The average molecular weight is 332 g/mol. The topological polar surface area (TPSA) is 114 Å². The molecule has 0 bridgehead atoms. The zero-order chi connectivity index (χ0) is 17.7. The Morgan fingerprint density at radius 3 is 2.67 bits per heavy atom. The molecule has 1 aromatic carbocycles. The molecule has 8 nitrogen and oxygen atoms in total.